The summed E-state index contributed by atoms with van der Waals surface area (Å²) in [5.74, 6) is -2.50. The summed E-state index contributed by atoms with van der Waals surface area (Å²) in [7, 11) is 0. The maximum absolute atomic E-state index is 13.0. The fourth-order valence-electron chi connectivity index (χ4n) is 0.863. The Morgan fingerprint density at radius 3 is 2.62 bits per heavy atom. The third kappa shape index (κ3) is 2.21. The van der Waals surface area contributed by atoms with Crippen molar-refractivity contribution in [2.75, 3.05) is 5.75 Å². The normalized spacial score (nSPS) is 11.0. The number of hydrogen-bond donors (Lipinski definition) is 2. The average molecular weight is 202 g/mol. The van der Waals surface area contributed by atoms with E-state index in [0.29, 0.717) is 5.75 Å². The Kier molecular flexibility index (Phi) is 3.31. The molecule has 0 bridgehead atoms. The summed E-state index contributed by atoms with van der Waals surface area (Å²) in [5.41, 5.74) is 0.101. The summed E-state index contributed by atoms with van der Waals surface area (Å²) >= 11 is 3.88. The van der Waals surface area contributed by atoms with Gasteiger partial charge in [0.1, 0.15) is 0 Å². The van der Waals surface area contributed by atoms with Crippen molar-refractivity contribution in [1.29, 1.82) is 0 Å². The molecule has 0 unspecified atom stereocenters. The molecule has 13 heavy (non-hydrogen) atoms. The highest BCUT2D eigenvalue weighted by Crippen LogP contribution is 2.21. The second kappa shape index (κ2) is 4.28. The average Bonchev–Trinajstić information content (AvgIpc) is 2.13. The molecule has 0 saturated heterocycles. The molecule has 70 valence electrons. The molecular weight excluding hydrogens is 194 g/mol. The standard InChI is InChI=1S/C9H8F2OS/c10-8-6(2-1-5-13)3-4-7(12)9(8)11/h1-4,12-13H,5H2. The number of thiol groups is 1. The summed E-state index contributed by atoms with van der Waals surface area (Å²) in [6.45, 7) is 0. The molecule has 0 aliphatic carbocycles. The van der Waals surface area contributed by atoms with E-state index in [2.05, 4.69) is 12.6 Å². The maximum Gasteiger partial charge on any atom is 0.200 e. The molecule has 4 heteroatoms. The van der Waals surface area contributed by atoms with E-state index in [0.717, 1.165) is 6.07 Å². The minimum atomic E-state index is -1.22. The van der Waals surface area contributed by atoms with E-state index >= 15 is 0 Å². The van der Waals surface area contributed by atoms with Crippen LogP contribution in [-0.4, -0.2) is 10.9 Å². The first-order valence-corrected chi connectivity index (χ1v) is 4.24. The van der Waals surface area contributed by atoms with E-state index in [1.54, 1.807) is 6.08 Å². The number of halogens is 2. The highest BCUT2D eigenvalue weighted by atomic mass is 32.1. The Hall–Kier alpha value is -1.03. The lowest BCUT2D eigenvalue weighted by atomic mass is 10.2. The lowest BCUT2D eigenvalue weighted by Crippen LogP contribution is -1.88. The van der Waals surface area contributed by atoms with E-state index in [1.807, 2.05) is 0 Å². The molecule has 0 fully saturated rings. The zero-order valence-corrected chi connectivity index (χ0v) is 7.56. The molecule has 0 heterocycles. The first-order valence-electron chi connectivity index (χ1n) is 3.61. The molecule has 0 radical (unpaired) electrons. The lowest BCUT2D eigenvalue weighted by Gasteiger charge is -1.99. The molecule has 0 aliphatic heterocycles. The minimum Gasteiger partial charge on any atom is -0.505 e. The topological polar surface area (TPSA) is 20.2 Å². The fraction of sp³-hybridized carbons (Fsp3) is 0.111. The Balaban J connectivity index is 3.11. The number of phenolic OH excluding ortho intramolecular Hbond substituents is 1. The van der Waals surface area contributed by atoms with Crippen LogP contribution in [0.2, 0.25) is 0 Å². The minimum absolute atomic E-state index is 0.101. The molecule has 0 amide bonds. The van der Waals surface area contributed by atoms with Crippen LogP contribution in [0.3, 0.4) is 0 Å². The van der Waals surface area contributed by atoms with Crippen molar-refractivity contribution in [1.82, 2.24) is 0 Å². The van der Waals surface area contributed by atoms with Gasteiger partial charge in [-0.15, -0.1) is 0 Å². The molecule has 1 N–H and O–H groups in total. The molecule has 0 atom stereocenters. The molecule has 0 aliphatic rings. The van der Waals surface area contributed by atoms with Crippen LogP contribution in [-0.2, 0) is 0 Å². The fourth-order valence-corrected chi connectivity index (χ4v) is 0.968. The van der Waals surface area contributed by atoms with Gasteiger partial charge < -0.3 is 5.11 Å². The monoisotopic (exact) mass is 202 g/mol. The number of aromatic hydroxyl groups is 1. The van der Waals surface area contributed by atoms with E-state index in [4.69, 9.17) is 5.11 Å². The van der Waals surface area contributed by atoms with E-state index in [1.165, 1.54) is 12.1 Å². The first kappa shape index (κ1) is 10.1. The van der Waals surface area contributed by atoms with Gasteiger partial charge in [-0.1, -0.05) is 12.2 Å². The van der Waals surface area contributed by atoms with E-state index in [-0.39, 0.29) is 5.56 Å². The maximum atomic E-state index is 13.0. The third-order valence-electron chi connectivity index (χ3n) is 1.49. The van der Waals surface area contributed by atoms with Crippen molar-refractivity contribution in [3.05, 3.63) is 35.4 Å². The number of phenols is 1. The van der Waals surface area contributed by atoms with Crippen molar-refractivity contribution in [3.63, 3.8) is 0 Å². The van der Waals surface area contributed by atoms with Crippen molar-refractivity contribution < 1.29 is 13.9 Å². The van der Waals surface area contributed by atoms with Crippen molar-refractivity contribution in [3.8, 4) is 5.75 Å². The first-order chi connectivity index (χ1) is 6.16. The van der Waals surface area contributed by atoms with E-state index in [9.17, 15) is 8.78 Å². The van der Waals surface area contributed by atoms with Gasteiger partial charge in [-0.3, -0.25) is 0 Å². The van der Waals surface area contributed by atoms with Gasteiger partial charge in [0.2, 0.25) is 5.82 Å². The van der Waals surface area contributed by atoms with Crippen molar-refractivity contribution >= 4 is 18.7 Å². The number of benzene rings is 1. The third-order valence-corrected chi connectivity index (χ3v) is 1.71. The summed E-state index contributed by atoms with van der Waals surface area (Å²) < 4.78 is 25.7. The largest absolute Gasteiger partial charge is 0.505 e. The van der Waals surface area contributed by atoms with Gasteiger partial charge in [0, 0.05) is 11.3 Å². The number of rotatable bonds is 2. The van der Waals surface area contributed by atoms with Crippen LogP contribution < -0.4 is 0 Å². The lowest BCUT2D eigenvalue weighted by molar-refractivity contribution is 0.406. The second-order valence-corrected chi connectivity index (χ2v) is 2.75. The zero-order chi connectivity index (χ0) is 9.84. The molecule has 0 spiro atoms. The highest BCUT2D eigenvalue weighted by molar-refractivity contribution is 7.80. The van der Waals surface area contributed by atoms with Gasteiger partial charge >= 0.3 is 0 Å². The van der Waals surface area contributed by atoms with Crippen LogP contribution in [0.4, 0.5) is 8.78 Å². The molecular formula is C9H8F2OS. The van der Waals surface area contributed by atoms with Gasteiger partial charge in [0.15, 0.2) is 11.6 Å². The predicted octanol–water partition coefficient (Wildman–Crippen LogP) is 2.61. The molecule has 1 nitrogen and oxygen atoms in total. The molecule has 0 saturated carbocycles. The summed E-state index contributed by atoms with van der Waals surface area (Å²) in [6, 6.07) is 2.41. The van der Waals surface area contributed by atoms with Crippen LogP contribution in [0.5, 0.6) is 5.75 Å². The molecule has 0 aromatic heterocycles. The van der Waals surface area contributed by atoms with Crippen molar-refractivity contribution in [2.45, 2.75) is 0 Å². The zero-order valence-electron chi connectivity index (χ0n) is 6.67. The highest BCUT2D eigenvalue weighted by Gasteiger charge is 2.09. The SMILES string of the molecule is Oc1ccc(C=CCS)c(F)c1F. The summed E-state index contributed by atoms with van der Waals surface area (Å²) in [4.78, 5) is 0. The van der Waals surface area contributed by atoms with Crippen molar-refractivity contribution in [2.24, 2.45) is 0 Å². The van der Waals surface area contributed by atoms with Gasteiger partial charge in [-0.05, 0) is 12.1 Å². The summed E-state index contributed by atoms with van der Waals surface area (Å²) in [6.07, 6.45) is 2.99. The van der Waals surface area contributed by atoms with Gasteiger partial charge in [0.05, 0.1) is 0 Å². The Labute approximate surface area is 80.1 Å². The molecule has 1 aromatic rings. The Morgan fingerprint density at radius 1 is 1.31 bits per heavy atom. The molecule has 1 aromatic carbocycles. The number of hydrogen-bond acceptors (Lipinski definition) is 2. The van der Waals surface area contributed by atoms with Gasteiger partial charge in [-0.25, -0.2) is 4.39 Å². The predicted molar refractivity (Wildman–Crippen MR) is 50.9 cm³/mol. The Morgan fingerprint density at radius 2 is 2.00 bits per heavy atom. The van der Waals surface area contributed by atoms with Crippen LogP contribution >= 0.6 is 12.6 Å². The second-order valence-electron chi connectivity index (χ2n) is 2.39. The van der Waals surface area contributed by atoms with Crippen LogP contribution in [0, 0.1) is 11.6 Å². The van der Waals surface area contributed by atoms with Crippen LogP contribution in [0.15, 0.2) is 18.2 Å². The Bertz CT molecular complexity index is 337. The summed E-state index contributed by atoms with van der Waals surface area (Å²) in [5, 5.41) is 8.80. The van der Waals surface area contributed by atoms with Gasteiger partial charge in [-0.2, -0.15) is 17.0 Å². The quantitative estimate of drug-likeness (QED) is 0.706. The van der Waals surface area contributed by atoms with Crippen LogP contribution in [0.25, 0.3) is 6.08 Å². The molecule has 1 rings (SSSR count). The van der Waals surface area contributed by atoms with E-state index < -0.39 is 17.4 Å². The van der Waals surface area contributed by atoms with Crippen LogP contribution in [0.1, 0.15) is 5.56 Å². The van der Waals surface area contributed by atoms with Gasteiger partial charge in [0.25, 0.3) is 0 Å². The smallest absolute Gasteiger partial charge is 0.200 e.